The summed E-state index contributed by atoms with van der Waals surface area (Å²) >= 11 is 0. The molecule has 6 N–H and O–H groups in total. The SMILES string of the molecule is CC(C)(NC(=O)c1cc(N)n[nH]1)C(N)=O. The zero-order chi connectivity index (χ0) is 11.6. The number of H-pyrrole nitrogens is 1. The van der Waals surface area contributed by atoms with Crippen LogP contribution in [0.15, 0.2) is 6.07 Å². The minimum absolute atomic E-state index is 0.182. The van der Waals surface area contributed by atoms with Crippen LogP contribution in [0.4, 0.5) is 5.82 Å². The van der Waals surface area contributed by atoms with Crippen LogP contribution in [0.25, 0.3) is 0 Å². The predicted octanol–water partition coefficient (Wildman–Crippen LogP) is -1.01. The summed E-state index contributed by atoms with van der Waals surface area (Å²) < 4.78 is 0. The Kier molecular flexibility index (Phi) is 2.65. The third-order valence-electron chi connectivity index (χ3n) is 1.88. The molecule has 15 heavy (non-hydrogen) atoms. The normalized spacial score (nSPS) is 11.1. The number of carbonyl (C=O) groups excluding carboxylic acids is 2. The van der Waals surface area contributed by atoms with Crippen LogP contribution < -0.4 is 16.8 Å². The summed E-state index contributed by atoms with van der Waals surface area (Å²) in [6.07, 6.45) is 0. The van der Waals surface area contributed by atoms with Crippen molar-refractivity contribution in [3.63, 3.8) is 0 Å². The number of aromatic nitrogens is 2. The first-order valence-electron chi connectivity index (χ1n) is 4.26. The second-order valence-corrected chi connectivity index (χ2v) is 3.65. The molecule has 0 bridgehead atoms. The number of amides is 2. The van der Waals surface area contributed by atoms with Gasteiger partial charge in [0.15, 0.2) is 0 Å². The van der Waals surface area contributed by atoms with E-state index in [0.717, 1.165) is 0 Å². The molecule has 0 aliphatic carbocycles. The van der Waals surface area contributed by atoms with Gasteiger partial charge >= 0.3 is 0 Å². The second-order valence-electron chi connectivity index (χ2n) is 3.65. The molecule has 0 aromatic carbocycles. The average Bonchev–Trinajstić information content (AvgIpc) is 2.50. The van der Waals surface area contributed by atoms with Gasteiger partial charge in [0.25, 0.3) is 5.91 Å². The van der Waals surface area contributed by atoms with Crippen LogP contribution in [0.1, 0.15) is 24.3 Å². The van der Waals surface area contributed by atoms with Crippen LogP contribution >= 0.6 is 0 Å². The molecule has 82 valence electrons. The van der Waals surface area contributed by atoms with Crippen LogP contribution in [0.2, 0.25) is 0 Å². The summed E-state index contributed by atoms with van der Waals surface area (Å²) in [6.45, 7) is 3.01. The molecule has 0 aliphatic rings. The maximum atomic E-state index is 11.5. The molecule has 0 saturated carbocycles. The first-order chi connectivity index (χ1) is 6.83. The van der Waals surface area contributed by atoms with Gasteiger partial charge in [-0.3, -0.25) is 14.7 Å². The molecule has 1 aromatic rings. The summed E-state index contributed by atoms with van der Waals surface area (Å²) in [6, 6.07) is 1.37. The number of nitrogen functional groups attached to an aromatic ring is 1. The molecular weight excluding hydrogens is 198 g/mol. The number of rotatable bonds is 3. The molecule has 0 atom stereocenters. The largest absolute Gasteiger partial charge is 0.382 e. The van der Waals surface area contributed by atoms with Gasteiger partial charge in [-0.1, -0.05) is 0 Å². The minimum Gasteiger partial charge on any atom is -0.382 e. The third-order valence-corrected chi connectivity index (χ3v) is 1.88. The lowest BCUT2D eigenvalue weighted by Crippen LogP contribution is -2.53. The van der Waals surface area contributed by atoms with E-state index in [2.05, 4.69) is 15.5 Å². The molecule has 0 unspecified atom stereocenters. The number of primary amides is 1. The third kappa shape index (κ3) is 2.46. The fraction of sp³-hybridized carbons (Fsp3) is 0.375. The number of aromatic amines is 1. The predicted molar refractivity (Wildman–Crippen MR) is 53.7 cm³/mol. The van der Waals surface area contributed by atoms with Crippen LogP contribution in [0.5, 0.6) is 0 Å². The molecule has 0 spiro atoms. The number of nitrogens with zero attached hydrogens (tertiary/aromatic N) is 1. The molecule has 2 amide bonds. The molecule has 7 nitrogen and oxygen atoms in total. The Hall–Kier alpha value is -2.05. The van der Waals surface area contributed by atoms with Crippen molar-refractivity contribution in [2.45, 2.75) is 19.4 Å². The van der Waals surface area contributed by atoms with Crippen molar-refractivity contribution in [3.8, 4) is 0 Å². The molecule has 7 heteroatoms. The topological polar surface area (TPSA) is 127 Å². The maximum Gasteiger partial charge on any atom is 0.270 e. The first-order valence-corrected chi connectivity index (χ1v) is 4.26. The van der Waals surface area contributed by atoms with Crippen LogP contribution in [-0.4, -0.2) is 27.6 Å². The summed E-state index contributed by atoms with van der Waals surface area (Å²) in [4.78, 5) is 22.5. The Morgan fingerprint density at radius 3 is 2.53 bits per heavy atom. The molecule has 1 rings (SSSR count). The quantitative estimate of drug-likeness (QED) is 0.510. The van der Waals surface area contributed by atoms with Crippen molar-refractivity contribution >= 4 is 17.6 Å². The number of hydrogen-bond donors (Lipinski definition) is 4. The Bertz CT molecular complexity index is 395. The molecule has 0 aliphatic heterocycles. The number of nitrogens with one attached hydrogen (secondary N) is 2. The van der Waals surface area contributed by atoms with Gasteiger partial charge in [-0.2, -0.15) is 5.10 Å². The van der Waals surface area contributed by atoms with Gasteiger partial charge in [-0.15, -0.1) is 0 Å². The second kappa shape index (κ2) is 3.60. The van der Waals surface area contributed by atoms with Crippen LogP contribution in [0, 0.1) is 0 Å². The minimum atomic E-state index is -1.11. The first kappa shape index (κ1) is 11.0. The van der Waals surface area contributed by atoms with E-state index in [-0.39, 0.29) is 11.5 Å². The number of anilines is 1. The lowest BCUT2D eigenvalue weighted by atomic mass is 10.1. The number of nitrogens with two attached hydrogens (primary N) is 2. The highest BCUT2D eigenvalue weighted by Gasteiger charge is 2.27. The lowest BCUT2D eigenvalue weighted by Gasteiger charge is -2.21. The summed E-state index contributed by atoms with van der Waals surface area (Å²) in [5.74, 6) is -0.900. The molecule has 1 heterocycles. The van der Waals surface area contributed by atoms with Crippen molar-refractivity contribution in [2.75, 3.05) is 5.73 Å². The van der Waals surface area contributed by atoms with E-state index in [1.54, 1.807) is 0 Å². The molecular formula is C8H13N5O2. The van der Waals surface area contributed by atoms with Crippen molar-refractivity contribution in [1.29, 1.82) is 0 Å². The van der Waals surface area contributed by atoms with E-state index in [1.165, 1.54) is 19.9 Å². The van der Waals surface area contributed by atoms with Gasteiger partial charge in [0.1, 0.15) is 17.1 Å². The van der Waals surface area contributed by atoms with Gasteiger partial charge in [-0.25, -0.2) is 0 Å². The Morgan fingerprint density at radius 2 is 2.13 bits per heavy atom. The van der Waals surface area contributed by atoms with E-state index in [1.807, 2.05) is 0 Å². The standard InChI is InChI=1S/C8H13N5O2/c1-8(2,7(10)15)11-6(14)4-3-5(9)13-12-4/h3H,1-2H3,(H2,10,15)(H,11,14)(H3,9,12,13). The Labute approximate surface area is 86.2 Å². The fourth-order valence-corrected chi connectivity index (χ4v) is 0.866. The smallest absolute Gasteiger partial charge is 0.270 e. The highest BCUT2D eigenvalue weighted by molar-refractivity contribution is 5.97. The van der Waals surface area contributed by atoms with Gasteiger partial charge in [-0.05, 0) is 13.8 Å². The molecule has 1 aromatic heterocycles. The fourth-order valence-electron chi connectivity index (χ4n) is 0.866. The van der Waals surface area contributed by atoms with E-state index in [0.29, 0.717) is 0 Å². The average molecular weight is 211 g/mol. The maximum absolute atomic E-state index is 11.5. The van der Waals surface area contributed by atoms with Gasteiger partial charge in [0.05, 0.1) is 0 Å². The van der Waals surface area contributed by atoms with Crippen molar-refractivity contribution in [3.05, 3.63) is 11.8 Å². The van der Waals surface area contributed by atoms with E-state index >= 15 is 0 Å². The summed E-state index contributed by atoms with van der Waals surface area (Å²) in [7, 11) is 0. The highest BCUT2D eigenvalue weighted by atomic mass is 16.2. The zero-order valence-corrected chi connectivity index (χ0v) is 8.50. The van der Waals surface area contributed by atoms with E-state index < -0.39 is 17.4 Å². The van der Waals surface area contributed by atoms with Crippen molar-refractivity contribution in [2.24, 2.45) is 5.73 Å². The molecule has 0 radical (unpaired) electrons. The Balaban J connectivity index is 2.76. The van der Waals surface area contributed by atoms with Crippen molar-refractivity contribution in [1.82, 2.24) is 15.5 Å². The van der Waals surface area contributed by atoms with Crippen LogP contribution in [-0.2, 0) is 4.79 Å². The van der Waals surface area contributed by atoms with Gasteiger partial charge in [0.2, 0.25) is 5.91 Å². The van der Waals surface area contributed by atoms with Crippen LogP contribution in [0.3, 0.4) is 0 Å². The Morgan fingerprint density at radius 1 is 1.53 bits per heavy atom. The monoisotopic (exact) mass is 211 g/mol. The summed E-state index contributed by atoms with van der Waals surface area (Å²) in [5.41, 5.74) is 9.49. The number of hydrogen-bond acceptors (Lipinski definition) is 4. The van der Waals surface area contributed by atoms with E-state index in [9.17, 15) is 9.59 Å². The van der Waals surface area contributed by atoms with Crippen molar-refractivity contribution < 1.29 is 9.59 Å². The lowest BCUT2D eigenvalue weighted by molar-refractivity contribution is -0.122. The van der Waals surface area contributed by atoms with E-state index in [4.69, 9.17) is 11.5 Å². The molecule has 0 fully saturated rings. The molecule has 0 saturated heterocycles. The number of carbonyl (C=O) groups is 2. The van der Waals surface area contributed by atoms with Gasteiger partial charge < -0.3 is 16.8 Å². The zero-order valence-electron chi connectivity index (χ0n) is 8.50. The highest BCUT2D eigenvalue weighted by Crippen LogP contribution is 2.05. The van der Waals surface area contributed by atoms with Gasteiger partial charge in [0, 0.05) is 6.07 Å². The summed E-state index contributed by atoms with van der Waals surface area (Å²) in [5, 5.41) is 8.46.